The first-order valence-electron chi connectivity index (χ1n) is 8.25. The van der Waals surface area contributed by atoms with E-state index in [9.17, 15) is 4.79 Å². The third-order valence-electron chi connectivity index (χ3n) is 4.05. The van der Waals surface area contributed by atoms with E-state index in [2.05, 4.69) is 10.2 Å². The smallest absolute Gasteiger partial charge is 0.257 e. The quantitative estimate of drug-likeness (QED) is 0.837. The standard InChI is InChI=1S/C17H22N4O3/c1-3-20-12-18-19-16(20)15-11-21(9-10-24-15)17(22)13-7-5-6-8-14(13)23-4-2/h5-8,12,15H,3-4,9-11H2,1-2H3/t15-/m1/s1. The number of aryl methyl sites for hydroxylation is 1. The topological polar surface area (TPSA) is 69.5 Å². The lowest BCUT2D eigenvalue weighted by molar-refractivity contribution is -0.0284. The number of hydrogen-bond acceptors (Lipinski definition) is 5. The van der Waals surface area contributed by atoms with Crippen molar-refractivity contribution in [2.45, 2.75) is 26.5 Å². The average molecular weight is 330 g/mol. The SMILES string of the molecule is CCOc1ccccc1C(=O)N1CCO[C@@H](c2nncn2CC)C1. The van der Waals surface area contributed by atoms with Crippen LogP contribution in [0.2, 0.25) is 0 Å². The summed E-state index contributed by atoms with van der Waals surface area (Å²) in [5.74, 6) is 1.33. The molecule has 2 heterocycles. The van der Waals surface area contributed by atoms with Crippen LogP contribution in [0.3, 0.4) is 0 Å². The van der Waals surface area contributed by atoms with Crippen LogP contribution in [0.5, 0.6) is 5.75 Å². The normalized spacial score (nSPS) is 17.8. The van der Waals surface area contributed by atoms with Crippen LogP contribution in [0.15, 0.2) is 30.6 Å². The first-order valence-corrected chi connectivity index (χ1v) is 8.25. The van der Waals surface area contributed by atoms with Crippen molar-refractivity contribution in [2.24, 2.45) is 0 Å². The van der Waals surface area contributed by atoms with E-state index < -0.39 is 0 Å². The highest BCUT2D eigenvalue weighted by atomic mass is 16.5. The predicted molar refractivity (Wildman–Crippen MR) is 87.9 cm³/mol. The molecule has 1 amide bonds. The molecule has 7 nitrogen and oxygen atoms in total. The van der Waals surface area contributed by atoms with Crippen LogP contribution in [-0.4, -0.2) is 51.9 Å². The molecule has 1 aromatic heterocycles. The Hall–Kier alpha value is -2.41. The molecule has 1 saturated heterocycles. The Morgan fingerprint density at radius 2 is 2.21 bits per heavy atom. The molecule has 2 aromatic rings. The van der Waals surface area contributed by atoms with Crippen molar-refractivity contribution in [2.75, 3.05) is 26.3 Å². The van der Waals surface area contributed by atoms with Crippen molar-refractivity contribution in [1.29, 1.82) is 0 Å². The number of ether oxygens (including phenoxy) is 2. The molecule has 0 radical (unpaired) electrons. The van der Waals surface area contributed by atoms with Crippen LogP contribution in [0.4, 0.5) is 0 Å². The summed E-state index contributed by atoms with van der Waals surface area (Å²) in [6, 6.07) is 7.34. The number of para-hydroxylation sites is 1. The number of carbonyl (C=O) groups excluding carboxylic acids is 1. The fourth-order valence-electron chi connectivity index (χ4n) is 2.84. The van der Waals surface area contributed by atoms with E-state index in [1.165, 1.54) is 0 Å². The lowest BCUT2D eigenvalue weighted by atomic mass is 10.1. The van der Waals surface area contributed by atoms with Gasteiger partial charge in [0.25, 0.3) is 5.91 Å². The summed E-state index contributed by atoms with van der Waals surface area (Å²) in [4.78, 5) is 14.7. The predicted octanol–water partition coefficient (Wildman–Crippen LogP) is 1.91. The maximum atomic E-state index is 12.9. The molecule has 0 unspecified atom stereocenters. The second-order valence-corrected chi connectivity index (χ2v) is 5.51. The number of nitrogens with zero attached hydrogens (tertiary/aromatic N) is 4. The van der Waals surface area contributed by atoms with Crippen molar-refractivity contribution in [3.8, 4) is 5.75 Å². The maximum absolute atomic E-state index is 12.9. The number of amides is 1. The van der Waals surface area contributed by atoms with Crippen molar-refractivity contribution in [3.05, 3.63) is 42.0 Å². The molecule has 0 aliphatic carbocycles. The number of rotatable bonds is 5. The summed E-state index contributed by atoms with van der Waals surface area (Å²) in [5.41, 5.74) is 0.581. The molecule has 1 aliphatic heterocycles. The van der Waals surface area contributed by atoms with Gasteiger partial charge >= 0.3 is 0 Å². The van der Waals surface area contributed by atoms with Crippen molar-refractivity contribution in [1.82, 2.24) is 19.7 Å². The van der Waals surface area contributed by atoms with Crippen LogP contribution in [-0.2, 0) is 11.3 Å². The van der Waals surface area contributed by atoms with Crippen LogP contribution < -0.4 is 4.74 Å². The van der Waals surface area contributed by atoms with E-state index in [1.54, 1.807) is 17.3 Å². The lowest BCUT2D eigenvalue weighted by Gasteiger charge is -2.32. The van der Waals surface area contributed by atoms with Gasteiger partial charge in [0.2, 0.25) is 0 Å². The van der Waals surface area contributed by atoms with Gasteiger partial charge in [-0.15, -0.1) is 10.2 Å². The summed E-state index contributed by atoms with van der Waals surface area (Å²) in [6.07, 6.45) is 1.42. The second kappa shape index (κ2) is 7.44. The van der Waals surface area contributed by atoms with Crippen LogP contribution in [0, 0.1) is 0 Å². The molecule has 1 atom stereocenters. The van der Waals surface area contributed by atoms with Gasteiger partial charge in [-0.2, -0.15) is 0 Å². The molecule has 1 fully saturated rings. The molecule has 3 rings (SSSR count). The Kier molecular flexibility index (Phi) is 5.10. The van der Waals surface area contributed by atoms with Gasteiger partial charge in [0.05, 0.1) is 25.3 Å². The van der Waals surface area contributed by atoms with E-state index in [-0.39, 0.29) is 12.0 Å². The maximum Gasteiger partial charge on any atom is 0.257 e. The fourth-order valence-corrected chi connectivity index (χ4v) is 2.84. The van der Waals surface area contributed by atoms with Gasteiger partial charge in [-0.05, 0) is 26.0 Å². The molecule has 0 N–H and O–H groups in total. The van der Waals surface area contributed by atoms with Crippen LogP contribution >= 0.6 is 0 Å². The Morgan fingerprint density at radius 3 is 3.00 bits per heavy atom. The minimum atomic E-state index is -0.260. The molecule has 7 heteroatoms. The van der Waals surface area contributed by atoms with Gasteiger partial charge in [-0.25, -0.2) is 0 Å². The van der Waals surface area contributed by atoms with Crippen molar-refractivity contribution in [3.63, 3.8) is 0 Å². The van der Waals surface area contributed by atoms with E-state index >= 15 is 0 Å². The number of benzene rings is 1. The molecule has 1 aliphatic rings. The molecule has 128 valence electrons. The van der Waals surface area contributed by atoms with Gasteiger partial charge in [-0.3, -0.25) is 4.79 Å². The number of morpholine rings is 1. The van der Waals surface area contributed by atoms with Gasteiger partial charge < -0.3 is 18.9 Å². The number of carbonyl (C=O) groups is 1. The van der Waals surface area contributed by atoms with E-state index in [0.29, 0.717) is 37.6 Å². The first-order chi connectivity index (χ1) is 11.7. The molecule has 0 bridgehead atoms. The molecule has 0 saturated carbocycles. The number of aromatic nitrogens is 3. The minimum absolute atomic E-state index is 0.0464. The summed E-state index contributed by atoms with van der Waals surface area (Å²) in [5, 5.41) is 8.09. The summed E-state index contributed by atoms with van der Waals surface area (Å²) >= 11 is 0. The summed E-state index contributed by atoms with van der Waals surface area (Å²) in [7, 11) is 0. The highest BCUT2D eigenvalue weighted by molar-refractivity contribution is 5.97. The van der Waals surface area contributed by atoms with E-state index in [1.807, 2.05) is 36.6 Å². The summed E-state index contributed by atoms with van der Waals surface area (Å²) < 4.78 is 13.3. The molecular formula is C17H22N4O3. The van der Waals surface area contributed by atoms with Gasteiger partial charge in [0, 0.05) is 13.1 Å². The van der Waals surface area contributed by atoms with E-state index in [4.69, 9.17) is 9.47 Å². The molecule has 0 spiro atoms. The molecule has 24 heavy (non-hydrogen) atoms. The van der Waals surface area contributed by atoms with Crippen LogP contribution in [0.1, 0.15) is 36.1 Å². The zero-order valence-corrected chi connectivity index (χ0v) is 14.0. The Balaban J connectivity index is 1.79. The zero-order valence-electron chi connectivity index (χ0n) is 14.0. The fraction of sp³-hybridized carbons (Fsp3) is 0.471. The third-order valence-corrected chi connectivity index (χ3v) is 4.05. The minimum Gasteiger partial charge on any atom is -0.493 e. The van der Waals surface area contributed by atoms with Gasteiger partial charge in [-0.1, -0.05) is 12.1 Å². The first kappa shape index (κ1) is 16.4. The summed E-state index contributed by atoms with van der Waals surface area (Å²) in [6.45, 7) is 6.71. The average Bonchev–Trinajstić information content (AvgIpc) is 3.11. The highest BCUT2D eigenvalue weighted by Gasteiger charge is 2.30. The Bertz CT molecular complexity index is 701. The monoisotopic (exact) mass is 330 g/mol. The second-order valence-electron chi connectivity index (χ2n) is 5.51. The lowest BCUT2D eigenvalue weighted by Crippen LogP contribution is -2.43. The largest absolute Gasteiger partial charge is 0.493 e. The van der Waals surface area contributed by atoms with Crippen LogP contribution in [0.25, 0.3) is 0 Å². The number of hydrogen-bond donors (Lipinski definition) is 0. The molecule has 1 aromatic carbocycles. The van der Waals surface area contributed by atoms with Crippen molar-refractivity contribution < 1.29 is 14.3 Å². The Morgan fingerprint density at radius 1 is 1.38 bits per heavy atom. The van der Waals surface area contributed by atoms with Gasteiger partial charge in [0.15, 0.2) is 5.82 Å². The highest BCUT2D eigenvalue weighted by Crippen LogP contribution is 2.25. The Labute approximate surface area is 141 Å². The molecular weight excluding hydrogens is 308 g/mol. The van der Waals surface area contributed by atoms with E-state index in [0.717, 1.165) is 12.4 Å². The third kappa shape index (κ3) is 3.26. The zero-order chi connectivity index (χ0) is 16.9. The van der Waals surface area contributed by atoms with Crippen molar-refractivity contribution >= 4 is 5.91 Å². The van der Waals surface area contributed by atoms with Gasteiger partial charge in [0.1, 0.15) is 18.2 Å².